The molecule has 4 aliphatic rings. The number of carbonyl (C=O) groups excluding carboxylic acids is 2. The summed E-state index contributed by atoms with van der Waals surface area (Å²) in [7, 11) is 0. The third-order valence-corrected chi connectivity index (χ3v) is 10.7. The van der Waals surface area contributed by atoms with Gasteiger partial charge in [-0.15, -0.1) is 0 Å². The number of likely N-dealkylation sites (tertiary alicyclic amines) is 1. The van der Waals surface area contributed by atoms with Crippen molar-refractivity contribution in [3.8, 4) is 0 Å². The van der Waals surface area contributed by atoms with Gasteiger partial charge < -0.3 is 24.4 Å². The third-order valence-electron chi connectivity index (χ3n) is 10.7. The number of benzene rings is 1. The van der Waals surface area contributed by atoms with Gasteiger partial charge in [0.25, 0.3) is 5.76 Å². The molecule has 1 N–H and O–H groups in total. The van der Waals surface area contributed by atoms with Crippen molar-refractivity contribution in [2.45, 2.75) is 76.2 Å². The first-order valence-corrected chi connectivity index (χ1v) is 15.9. The molecular weight excluding hydrogens is 575 g/mol. The standard InChI is InChI=1S/C32H43F3N5O4/c1-22-27(28(44-37-22)32(33,34)35)29(41)40(31(2)12-14-36-15-13-31)16-8-25(9-17-40)39-26(24-6-4-3-5-7-24)21-38(30(39)42)20-23-10-18-43-19-11-23/h3-7,23,25-26,36H,8-21H2,1-2H3/q+1/t25?,26-,40?/m0/s1. The Balaban J connectivity index is 1.30. The molecule has 2 aromatic rings. The van der Waals surface area contributed by atoms with Crippen LogP contribution in [0.5, 0.6) is 0 Å². The Morgan fingerprint density at radius 1 is 1.09 bits per heavy atom. The SMILES string of the molecule is Cc1noc(C(F)(F)F)c1C(=O)[N+]1(C2(C)CCNCC2)CCC(N2C(=O)N(CC3CCOCC3)C[C@H]2c2ccccc2)CC1. The van der Waals surface area contributed by atoms with Crippen molar-refractivity contribution in [2.75, 3.05) is 52.5 Å². The maximum atomic E-state index is 14.5. The molecule has 240 valence electrons. The first kappa shape index (κ1) is 31.0. The number of carbonyl (C=O) groups is 2. The summed E-state index contributed by atoms with van der Waals surface area (Å²) in [6.07, 6.45) is -0.627. The van der Waals surface area contributed by atoms with Crippen LogP contribution in [0.25, 0.3) is 0 Å². The number of ether oxygens (including phenoxy) is 1. The van der Waals surface area contributed by atoms with E-state index in [1.165, 1.54) is 6.92 Å². The second kappa shape index (κ2) is 12.1. The first-order valence-electron chi connectivity index (χ1n) is 15.9. The summed E-state index contributed by atoms with van der Waals surface area (Å²) in [4.78, 5) is 32.6. The van der Waals surface area contributed by atoms with E-state index >= 15 is 0 Å². The van der Waals surface area contributed by atoms with Crippen LogP contribution in [-0.2, 0) is 10.9 Å². The maximum absolute atomic E-state index is 14.5. The molecule has 1 atom stereocenters. The summed E-state index contributed by atoms with van der Waals surface area (Å²) < 4.78 is 52.2. The Bertz CT molecular complexity index is 1330. The minimum atomic E-state index is -4.83. The highest BCUT2D eigenvalue weighted by Crippen LogP contribution is 2.44. The Labute approximate surface area is 256 Å². The van der Waals surface area contributed by atoms with Crippen LogP contribution >= 0.6 is 0 Å². The molecule has 9 nitrogen and oxygen atoms in total. The average molecular weight is 619 g/mol. The van der Waals surface area contributed by atoms with Gasteiger partial charge in [-0.2, -0.15) is 13.2 Å². The van der Waals surface area contributed by atoms with Crippen LogP contribution < -0.4 is 5.32 Å². The van der Waals surface area contributed by atoms with Gasteiger partial charge in [0.1, 0.15) is 5.54 Å². The van der Waals surface area contributed by atoms with Gasteiger partial charge in [-0.25, -0.2) is 9.59 Å². The predicted octanol–water partition coefficient (Wildman–Crippen LogP) is 5.17. The maximum Gasteiger partial charge on any atom is 0.453 e. The van der Waals surface area contributed by atoms with E-state index in [9.17, 15) is 22.8 Å². The van der Waals surface area contributed by atoms with E-state index < -0.39 is 28.9 Å². The molecule has 4 aliphatic heterocycles. The van der Waals surface area contributed by atoms with Crippen LogP contribution in [0.2, 0.25) is 0 Å². The lowest BCUT2D eigenvalue weighted by Crippen LogP contribution is -2.72. The van der Waals surface area contributed by atoms with Gasteiger partial charge in [0, 0.05) is 71.1 Å². The quantitative estimate of drug-likeness (QED) is 0.450. The molecule has 1 aromatic carbocycles. The summed E-state index contributed by atoms with van der Waals surface area (Å²) in [5.41, 5.74) is 0.000777. The minimum Gasteiger partial charge on any atom is -0.381 e. The number of urea groups is 1. The summed E-state index contributed by atoms with van der Waals surface area (Å²) in [5, 5.41) is 6.92. The number of aryl methyl sites for hydroxylation is 1. The van der Waals surface area contributed by atoms with Gasteiger partial charge in [0.2, 0.25) is 0 Å². The number of piperidine rings is 2. The van der Waals surface area contributed by atoms with E-state index in [2.05, 4.69) is 22.6 Å². The topological polar surface area (TPSA) is 87.9 Å². The van der Waals surface area contributed by atoms with Crippen LogP contribution in [0.3, 0.4) is 0 Å². The van der Waals surface area contributed by atoms with Crippen LogP contribution in [0.15, 0.2) is 34.9 Å². The van der Waals surface area contributed by atoms with Crippen molar-refractivity contribution in [3.05, 3.63) is 52.9 Å². The fraction of sp³-hybridized carbons (Fsp3) is 0.656. The summed E-state index contributed by atoms with van der Waals surface area (Å²) in [5.74, 6) is -1.50. The largest absolute Gasteiger partial charge is 0.453 e. The van der Waals surface area contributed by atoms with Crippen molar-refractivity contribution in [1.82, 2.24) is 20.3 Å². The molecule has 0 unspecified atom stereocenters. The van der Waals surface area contributed by atoms with E-state index in [1.807, 2.05) is 34.9 Å². The highest BCUT2D eigenvalue weighted by molar-refractivity contribution is 5.91. The fourth-order valence-corrected chi connectivity index (χ4v) is 8.10. The first-order chi connectivity index (χ1) is 21.0. The van der Waals surface area contributed by atoms with Gasteiger partial charge in [-0.3, -0.25) is 4.48 Å². The Hall–Kier alpha value is -2.96. The number of hydrogen-bond donors (Lipinski definition) is 1. The molecule has 4 saturated heterocycles. The zero-order valence-corrected chi connectivity index (χ0v) is 25.6. The lowest BCUT2D eigenvalue weighted by molar-refractivity contribution is -0.907. The zero-order valence-electron chi connectivity index (χ0n) is 25.6. The van der Waals surface area contributed by atoms with Crippen LogP contribution in [0.1, 0.15) is 78.9 Å². The number of halogens is 3. The van der Waals surface area contributed by atoms with Gasteiger partial charge in [0.05, 0.1) is 24.8 Å². The minimum absolute atomic E-state index is 0.00369. The number of nitrogens with one attached hydrogen (secondary N) is 1. The Morgan fingerprint density at radius 3 is 2.39 bits per heavy atom. The van der Waals surface area contributed by atoms with Crippen molar-refractivity contribution >= 4 is 11.9 Å². The lowest BCUT2D eigenvalue weighted by Gasteiger charge is -2.54. The Kier molecular flexibility index (Phi) is 8.53. The zero-order chi connectivity index (χ0) is 31.1. The highest BCUT2D eigenvalue weighted by atomic mass is 19.4. The van der Waals surface area contributed by atoms with Crippen LogP contribution in [0.4, 0.5) is 18.0 Å². The molecule has 0 bridgehead atoms. The lowest BCUT2D eigenvalue weighted by atomic mass is 9.81. The van der Waals surface area contributed by atoms with Gasteiger partial charge in [0.15, 0.2) is 5.56 Å². The molecule has 5 heterocycles. The predicted molar refractivity (Wildman–Crippen MR) is 156 cm³/mol. The van der Waals surface area contributed by atoms with Gasteiger partial charge >= 0.3 is 18.1 Å². The van der Waals surface area contributed by atoms with E-state index in [1.54, 1.807) is 0 Å². The molecule has 0 aliphatic carbocycles. The van der Waals surface area contributed by atoms with E-state index in [4.69, 9.17) is 9.26 Å². The Morgan fingerprint density at radius 2 is 1.75 bits per heavy atom. The second-order valence-corrected chi connectivity index (χ2v) is 13.2. The van der Waals surface area contributed by atoms with Gasteiger partial charge in [-0.05, 0) is 38.2 Å². The molecule has 0 spiro atoms. The molecule has 0 radical (unpaired) electrons. The molecule has 44 heavy (non-hydrogen) atoms. The van der Waals surface area contributed by atoms with E-state index in [0.29, 0.717) is 84.1 Å². The van der Waals surface area contributed by atoms with Crippen LogP contribution in [0, 0.1) is 12.8 Å². The summed E-state index contributed by atoms with van der Waals surface area (Å²) in [6.45, 7) is 8.19. The molecule has 0 saturated carbocycles. The number of nitrogens with zero attached hydrogens (tertiary/aromatic N) is 4. The average Bonchev–Trinajstić information content (AvgIpc) is 3.57. The number of hydrogen-bond acceptors (Lipinski definition) is 6. The molecule has 12 heteroatoms. The molecule has 4 fully saturated rings. The van der Waals surface area contributed by atoms with E-state index in [-0.39, 0.29) is 28.3 Å². The van der Waals surface area contributed by atoms with Crippen molar-refractivity contribution in [3.63, 3.8) is 0 Å². The van der Waals surface area contributed by atoms with Crippen molar-refractivity contribution < 1.29 is 36.5 Å². The molecular formula is C32H43F3N5O4+. The molecule has 1 aromatic heterocycles. The van der Waals surface area contributed by atoms with Crippen LogP contribution in [-0.4, -0.2) is 95.4 Å². The van der Waals surface area contributed by atoms with E-state index in [0.717, 1.165) is 18.4 Å². The number of quaternary nitrogens is 1. The highest BCUT2D eigenvalue weighted by Gasteiger charge is 2.59. The normalized spacial score (nSPS) is 28.4. The number of rotatable bonds is 6. The third kappa shape index (κ3) is 5.53. The van der Waals surface area contributed by atoms with Gasteiger partial charge in [-0.1, -0.05) is 35.5 Å². The summed E-state index contributed by atoms with van der Waals surface area (Å²) >= 11 is 0. The molecule has 3 amide bonds. The second-order valence-electron chi connectivity index (χ2n) is 13.2. The van der Waals surface area contributed by atoms with Crippen molar-refractivity contribution in [2.24, 2.45) is 5.92 Å². The fourth-order valence-electron chi connectivity index (χ4n) is 8.10. The summed E-state index contributed by atoms with van der Waals surface area (Å²) in [6, 6.07) is 9.78. The number of aromatic nitrogens is 1. The molecule has 6 rings (SSSR count). The number of amides is 3. The monoisotopic (exact) mass is 618 g/mol. The smallest absolute Gasteiger partial charge is 0.381 e. The number of alkyl halides is 3. The van der Waals surface area contributed by atoms with Crippen molar-refractivity contribution in [1.29, 1.82) is 0 Å².